The minimum Gasteiger partial charge on any atom is -0.342 e. The van der Waals surface area contributed by atoms with E-state index in [1.54, 1.807) is 30.3 Å². The molecule has 0 aliphatic rings. The number of nitrogens with one attached hydrogen (secondary N) is 2. The molecule has 1 heterocycles. The Hall–Kier alpha value is -2.05. The molecule has 120 valence electrons. The highest BCUT2D eigenvalue weighted by Crippen LogP contribution is 2.23. The quantitative estimate of drug-likeness (QED) is 0.743. The zero-order valence-corrected chi connectivity index (χ0v) is 14.2. The molecule has 0 atom stereocenters. The molecule has 0 aliphatic carbocycles. The van der Waals surface area contributed by atoms with Gasteiger partial charge in [-0.2, -0.15) is 0 Å². The van der Waals surface area contributed by atoms with Crippen LogP contribution in [0.1, 0.15) is 25.6 Å². The Bertz CT molecular complexity index is 964. The molecule has 0 fully saturated rings. The Morgan fingerprint density at radius 1 is 1.17 bits per heavy atom. The average Bonchev–Trinajstić information content (AvgIpc) is 2.90. The minimum absolute atomic E-state index is 0.123. The number of H-pyrrole nitrogens is 1. The van der Waals surface area contributed by atoms with Crippen molar-refractivity contribution in [1.29, 1.82) is 0 Å². The van der Waals surface area contributed by atoms with Crippen LogP contribution in [-0.2, 0) is 10.0 Å². The highest BCUT2D eigenvalue weighted by atomic mass is 35.5. The van der Waals surface area contributed by atoms with Crippen LogP contribution in [0.4, 0.5) is 5.69 Å². The van der Waals surface area contributed by atoms with E-state index in [1.165, 1.54) is 12.1 Å². The summed E-state index contributed by atoms with van der Waals surface area (Å²) in [7, 11) is -3.68. The van der Waals surface area contributed by atoms with Gasteiger partial charge in [0.25, 0.3) is 10.0 Å². The van der Waals surface area contributed by atoms with Gasteiger partial charge < -0.3 is 4.98 Å². The van der Waals surface area contributed by atoms with Crippen LogP contribution in [0.25, 0.3) is 11.0 Å². The Balaban J connectivity index is 1.94. The van der Waals surface area contributed by atoms with Crippen LogP contribution in [0.3, 0.4) is 0 Å². The first-order valence-corrected chi connectivity index (χ1v) is 8.99. The number of benzene rings is 2. The maximum Gasteiger partial charge on any atom is 0.261 e. The number of aromatic nitrogens is 2. The fraction of sp³-hybridized carbons (Fsp3) is 0.188. The molecule has 0 amide bonds. The standard InChI is InChI=1S/C16H16ClN3O2S/c1-10(2)16-18-14-7-6-12(9-15(14)19-16)20-23(21,22)13-5-3-4-11(17)8-13/h3-10,20H,1-2H3,(H,18,19). The third-order valence-corrected chi connectivity index (χ3v) is 5.02. The molecular formula is C16H16ClN3O2S. The van der Waals surface area contributed by atoms with Gasteiger partial charge in [0.2, 0.25) is 0 Å². The van der Waals surface area contributed by atoms with E-state index in [2.05, 4.69) is 14.7 Å². The third-order valence-electron chi connectivity index (χ3n) is 3.41. The number of sulfonamides is 1. The van der Waals surface area contributed by atoms with E-state index in [9.17, 15) is 8.42 Å². The zero-order valence-electron chi connectivity index (χ0n) is 12.7. The van der Waals surface area contributed by atoms with Crippen molar-refractivity contribution in [2.45, 2.75) is 24.7 Å². The predicted octanol–water partition coefficient (Wildman–Crippen LogP) is 4.14. The van der Waals surface area contributed by atoms with Crippen LogP contribution in [0.5, 0.6) is 0 Å². The van der Waals surface area contributed by atoms with Gasteiger partial charge in [-0.3, -0.25) is 4.72 Å². The van der Waals surface area contributed by atoms with E-state index in [1.807, 2.05) is 13.8 Å². The van der Waals surface area contributed by atoms with Crippen LogP contribution in [0.15, 0.2) is 47.4 Å². The highest BCUT2D eigenvalue weighted by Gasteiger charge is 2.15. The summed E-state index contributed by atoms with van der Waals surface area (Å²) in [6.07, 6.45) is 0. The van der Waals surface area contributed by atoms with Crippen molar-refractivity contribution in [1.82, 2.24) is 9.97 Å². The molecule has 5 nitrogen and oxygen atoms in total. The molecule has 0 saturated carbocycles. The fourth-order valence-corrected chi connectivity index (χ4v) is 3.56. The summed E-state index contributed by atoms with van der Waals surface area (Å²) >= 11 is 5.86. The van der Waals surface area contributed by atoms with E-state index in [0.717, 1.165) is 16.9 Å². The Kier molecular flexibility index (Phi) is 4.04. The summed E-state index contributed by atoms with van der Waals surface area (Å²) in [6.45, 7) is 4.08. The van der Waals surface area contributed by atoms with E-state index in [-0.39, 0.29) is 10.8 Å². The maximum atomic E-state index is 12.4. The lowest BCUT2D eigenvalue weighted by Crippen LogP contribution is -2.12. The first-order chi connectivity index (χ1) is 10.8. The molecule has 0 aliphatic heterocycles. The summed E-state index contributed by atoms with van der Waals surface area (Å²) in [6, 6.07) is 11.4. The first-order valence-electron chi connectivity index (χ1n) is 7.13. The van der Waals surface area contributed by atoms with Gasteiger partial charge in [-0.1, -0.05) is 31.5 Å². The van der Waals surface area contributed by atoms with Gasteiger partial charge in [-0.15, -0.1) is 0 Å². The largest absolute Gasteiger partial charge is 0.342 e. The summed E-state index contributed by atoms with van der Waals surface area (Å²) in [5.41, 5.74) is 2.07. The third kappa shape index (κ3) is 3.33. The van der Waals surface area contributed by atoms with Crippen molar-refractivity contribution in [2.75, 3.05) is 4.72 Å². The van der Waals surface area contributed by atoms with Crippen molar-refractivity contribution < 1.29 is 8.42 Å². The number of hydrogen-bond donors (Lipinski definition) is 2. The van der Waals surface area contributed by atoms with Gasteiger partial charge in [-0.25, -0.2) is 13.4 Å². The van der Waals surface area contributed by atoms with Gasteiger partial charge in [-0.05, 0) is 36.4 Å². The predicted molar refractivity (Wildman–Crippen MR) is 92.4 cm³/mol. The highest BCUT2D eigenvalue weighted by molar-refractivity contribution is 7.92. The number of aromatic amines is 1. The second kappa shape index (κ2) is 5.86. The molecular weight excluding hydrogens is 334 g/mol. The van der Waals surface area contributed by atoms with E-state index < -0.39 is 10.0 Å². The lowest BCUT2D eigenvalue weighted by atomic mass is 10.2. The van der Waals surface area contributed by atoms with Crippen LogP contribution >= 0.6 is 11.6 Å². The van der Waals surface area contributed by atoms with Crippen molar-refractivity contribution in [3.8, 4) is 0 Å². The number of anilines is 1. The maximum absolute atomic E-state index is 12.4. The summed E-state index contributed by atoms with van der Waals surface area (Å²) < 4.78 is 27.4. The number of fused-ring (bicyclic) bond motifs is 1. The Labute approximate surface area is 139 Å². The van der Waals surface area contributed by atoms with Crippen LogP contribution < -0.4 is 4.72 Å². The van der Waals surface area contributed by atoms with Crippen LogP contribution in [0.2, 0.25) is 5.02 Å². The first kappa shape index (κ1) is 15.8. The van der Waals surface area contributed by atoms with Gasteiger partial charge in [0.15, 0.2) is 0 Å². The molecule has 3 rings (SSSR count). The SMILES string of the molecule is CC(C)c1nc2ccc(NS(=O)(=O)c3cccc(Cl)c3)cc2[nH]1. The van der Waals surface area contributed by atoms with Crippen molar-refractivity contribution in [3.05, 3.63) is 53.3 Å². The smallest absolute Gasteiger partial charge is 0.261 e. The topological polar surface area (TPSA) is 74.8 Å². The van der Waals surface area contributed by atoms with Crippen molar-refractivity contribution in [3.63, 3.8) is 0 Å². The molecule has 0 radical (unpaired) electrons. The zero-order chi connectivity index (χ0) is 16.6. The number of rotatable bonds is 4. The molecule has 2 N–H and O–H groups in total. The minimum atomic E-state index is -3.68. The number of nitrogens with zero attached hydrogens (tertiary/aromatic N) is 1. The molecule has 0 unspecified atom stereocenters. The van der Waals surface area contributed by atoms with Gasteiger partial charge in [0.05, 0.1) is 21.6 Å². The van der Waals surface area contributed by atoms with E-state index in [0.29, 0.717) is 10.7 Å². The molecule has 3 aromatic rings. The van der Waals surface area contributed by atoms with E-state index >= 15 is 0 Å². The average molecular weight is 350 g/mol. The van der Waals surface area contributed by atoms with Crippen molar-refractivity contribution >= 4 is 38.3 Å². The monoisotopic (exact) mass is 349 g/mol. The summed E-state index contributed by atoms with van der Waals surface area (Å²) in [4.78, 5) is 7.80. The second-order valence-corrected chi connectivity index (χ2v) is 7.69. The molecule has 0 bridgehead atoms. The fourth-order valence-electron chi connectivity index (χ4n) is 2.21. The normalized spacial score (nSPS) is 12.0. The van der Waals surface area contributed by atoms with Gasteiger partial charge >= 0.3 is 0 Å². The number of hydrogen-bond acceptors (Lipinski definition) is 3. The molecule has 7 heteroatoms. The van der Waals surface area contributed by atoms with Crippen LogP contribution in [0, 0.1) is 0 Å². The number of imidazole rings is 1. The molecule has 1 aromatic heterocycles. The lowest BCUT2D eigenvalue weighted by molar-refractivity contribution is 0.601. The second-order valence-electron chi connectivity index (χ2n) is 5.57. The number of halogens is 1. The lowest BCUT2D eigenvalue weighted by Gasteiger charge is -2.08. The summed E-state index contributed by atoms with van der Waals surface area (Å²) in [5, 5.41) is 0.374. The van der Waals surface area contributed by atoms with Gasteiger partial charge in [0, 0.05) is 10.9 Å². The van der Waals surface area contributed by atoms with Gasteiger partial charge in [0.1, 0.15) is 5.82 Å². The van der Waals surface area contributed by atoms with Crippen LogP contribution in [-0.4, -0.2) is 18.4 Å². The Morgan fingerprint density at radius 3 is 2.65 bits per heavy atom. The Morgan fingerprint density at radius 2 is 1.96 bits per heavy atom. The van der Waals surface area contributed by atoms with Crippen molar-refractivity contribution in [2.24, 2.45) is 0 Å². The molecule has 0 saturated heterocycles. The molecule has 23 heavy (non-hydrogen) atoms. The molecule has 2 aromatic carbocycles. The van der Waals surface area contributed by atoms with E-state index in [4.69, 9.17) is 11.6 Å². The molecule has 0 spiro atoms. The summed E-state index contributed by atoms with van der Waals surface area (Å²) in [5.74, 6) is 1.14.